The SMILES string of the molecule is C/C(=C/CCC(C)CC(=O)O)CC1CCCc2ccc(C)cc21. The minimum absolute atomic E-state index is 0.259. The molecule has 0 aliphatic heterocycles. The van der Waals surface area contributed by atoms with Gasteiger partial charge in [0, 0.05) is 6.42 Å². The molecule has 0 amide bonds. The maximum Gasteiger partial charge on any atom is 0.303 e. The summed E-state index contributed by atoms with van der Waals surface area (Å²) < 4.78 is 0. The largest absolute Gasteiger partial charge is 0.481 e. The molecule has 0 aromatic heterocycles. The van der Waals surface area contributed by atoms with E-state index in [1.807, 2.05) is 6.92 Å². The van der Waals surface area contributed by atoms with Gasteiger partial charge in [0.1, 0.15) is 0 Å². The number of benzene rings is 1. The first kappa shape index (κ1) is 17.8. The summed E-state index contributed by atoms with van der Waals surface area (Å²) in [4.78, 5) is 10.7. The smallest absolute Gasteiger partial charge is 0.303 e. The second-order valence-electron chi connectivity index (χ2n) is 7.33. The Morgan fingerprint density at radius 1 is 1.43 bits per heavy atom. The number of carbonyl (C=O) groups is 1. The molecule has 1 aliphatic carbocycles. The maximum absolute atomic E-state index is 10.7. The summed E-state index contributed by atoms with van der Waals surface area (Å²) in [7, 11) is 0. The van der Waals surface area contributed by atoms with Gasteiger partial charge >= 0.3 is 5.97 Å². The van der Waals surface area contributed by atoms with Crippen molar-refractivity contribution < 1.29 is 9.90 Å². The highest BCUT2D eigenvalue weighted by Gasteiger charge is 2.20. The number of aryl methyl sites for hydroxylation is 2. The van der Waals surface area contributed by atoms with E-state index in [4.69, 9.17) is 5.11 Å². The lowest BCUT2D eigenvalue weighted by Crippen LogP contribution is -2.10. The zero-order valence-electron chi connectivity index (χ0n) is 14.8. The molecule has 126 valence electrons. The summed E-state index contributed by atoms with van der Waals surface area (Å²) in [6.45, 7) is 6.43. The van der Waals surface area contributed by atoms with E-state index in [-0.39, 0.29) is 12.3 Å². The minimum Gasteiger partial charge on any atom is -0.481 e. The predicted octanol–water partition coefficient (Wildman–Crippen LogP) is 5.64. The number of fused-ring (bicyclic) bond motifs is 1. The van der Waals surface area contributed by atoms with Gasteiger partial charge in [-0.05, 0) is 75.3 Å². The van der Waals surface area contributed by atoms with Gasteiger partial charge in [-0.15, -0.1) is 0 Å². The molecular weight excluding hydrogens is 284 g/mol. The highest BCUT2D eigenvalue weighted by atomic mass is 16.4. The molecule has 23 heavy (non-hydrogen) atoms. The fourth-order valence-corrected chi connectivity index (χ4v) is 3.71. The van der Waals surface area contributed by atoms with Crippen molar-refractivity contribution in [2.45, 2.75) is 71.6 Å². The van der Waals surface area contributed by atoms with Crippen LogP contribution in [0.5, 0.6) is 0 Å². The van der Waals surface area contributed by atoms with Crippen LogP contribution in [-0.4, -0.2) is 11.1 Å². The van der Waals surface area contributed by atoms with E-state index in [0.29, 0.717) is 5.92 Å². The van der Waals surface area contributed by atoms with E-state index < -0.39 is 5.97 Å². The molecule has 2 heteroatoms. The molecule has 0 heterocycles. The van der Waals surface area contributed by atoms with Crippen molar-refractivity contribution in [2.75, 3.05) is 0 Å². The fourth-order valence-electron chi connectivity index (χ4n) is 3.71. The van der Waals surface area contributed by atoms with Gasteiger partial charge in [-0.1, -0.05) is 42.3 Å². The molecule has 1 aliphatic rings. The third-order valence-corrected chi connectivity index (χ3v) is 4.98. The zero-order chi connectivity index (χ0) is 16.8. The van der Waals surface area contributed by atoms with Crippen LogP contribution < -0.4 is 0 Å². The monoisotopic (exact) mass is 314 g/mol. The Morgan fingerprint density at radius 3 is 2.96 bits per heavy atom. The molecule has 2 unspecified atom stereocenters. The number of aliphatic carboxylic acids is 1. The Labute approximate surface area is 140 Å². The van der Waals surface area contributed by atoms with Crippen LogP contribution in [0.15, 0.2) is 29.8 Å². The molecule has 1 aromatic rings. The van der Waals surface area contributed by atoms with E-state index in [0.717, 1.165) is 19.3 Å². The van der Waals surface area contributed by atoms with Crippen LogP contribution in [0, 0.1) is 12.8 Å². The van der Waals surface area contributed by atoms with Gasteiger partial charge in [0.05, 0.1) is 0 Å². The van der Waals surface area contributed by atoms with Crippen LogP contribution in [0.1, 0.15) is 75.0 Å². The number of carboxylic acids is 1. The van der Waals surface area contributed by atoms with Gasteiger partial charge in [0.25, 0.3) is 0 Å². The van der Waals surface area contributed by atoms with Crippen LogP contribution in [0.4, 0.5) is 0 Å². The average molecular weight is 314 g/mol. The molecule has 0 spiro atoms. The summed E-state index contributed by atoms with van der Waals surface area (Å²) in [6.07, 6.45) is 9.51. The Morgan fingerprint density at radius 2 is 2.22 bits per heavy atom. The van der Waals surface area contributed by atoms with Gasteiger partial charge < -0.3 is 5.11 Å². The van der Waals surface area contributed by atoms with Crippen molar-refractivity contribution in [3.05, 3.63) is 46.5 Å². The number of hydrogen-bond donors (Lipinski definition) is 1. The van der Waals surface area contributed by atoms with Crippen LogP contribution >= 0.6 is 0 Å². The van der Waals surface area contributed by atoms with Crippen molar-refractivity contribution in [3.63, 3.8) is 0 Å². The molecule has 0 bridgehead atoms. The Kier molecular flexibility index (Phi) is 6.44. The Balaban J connectivity index is 1.91. The lowest BCUT2D eigenvalue weighted by molar-refractivity contribution is -0.138. The normalized spacial score (nSPS) is 19.3. The standard InChI is InChI=1S/C21H30O2/c1-15(6-4-7-16(2)14-21(22)23)12-19-9-5-8-18-11-10-17(3)13-20(18)19/h6,10-11,13,16,19H,4-5,7-9,12,14H2,1-3H3,(H,22,23)/b15-6-. The molecule has 0 saturated carbocycles. The van der Waals surface area contributed by atoms with Crippen LogP contribution in [0.3, 0.4) is 0 Å². The van der Waals surface area contributed by atoms with E-state index >= 15 is 0 Å². The maximum atomic E-state index is 10.7. The highest BCUT2D eigenvalue weighted by Crippen LogP contribution is 2.36. The van der Waals surface area contributed by atoms with E-state index in [9.17, 15) is 4.79 Å². The average Bonchev–Trinajstić information content (AvgIpc) is 2.47. The number of rotatable bonds is 7. The van der Waals surface area contributed by atoms with Crippen molar-refractivity contribution in [1.82, 2.24) is 0 Å². The van der Waals surface area contributed by atoms with Gasteiger partial charge in [-0.2, -0.15) is 0 Å². The molecular formula is C21H30O2. The second-order valence-corrected chi connectivity index (χ2v) is 7.33. The molecule has 2 rings (SSSR count). The Bertz CT molecular complexity index is 571. The lowest BCUT2D eigenvalue weighted by atomic mass is 9.79. The molecule has 2 nitrogen and oxygen atoms in total. The first-order valence-corrected chi connectivity index (χ1v) is 8.92. The van der Waals surface area contributed by atoms with Gasteiger partial charge in [0.2, 0.25) is 0 Å². The topological polar surface area (TPSA) is 37.3 Å². The summed E-state index contributed by atoms with van der Waals surface area (Å²) in [5.74, 6) is 0.230. The van der Waals surface area contributed by atoms with Crippen molar-refractivity contribution >= 4 is 5.97 Å². The molecule has 1 aromatic carbocycles. The predicted molar refractivity (Wildman–Crippen MR) is 95.9 cm³/mol. The lowest BCUT2D eigenvalue weighted by Gasteiger charge is -2.26. The van der Waals surface area contributed by atoms with E-state index in [2.05, 4.69) is 38.1 Å². The third-order valence-electron chi connectivity index (χ3n) is 4.98. The molecule has 2 atom stereocenters. The molecule has 0 fully saturated rings. The fraction of sp³-hybridized carbons (Fsp3) is 0.571. The van der Waals surface area contributed by atoms with Crippen molar-refractivity contribution in [1.29, 1.82) is 0 Å². The van der Waals surface area contributed by atoms with E-state index in [1.165, 1.54) is 36.0 Å². The van der Waals surface area contributed by atoms with Gasteiger partial charge in [-0.25, -0.2) is 0 Å². The van der Waals surface area contributed by atoms with Crippen molar-refractivity contribution in [3.8, 4) is 0 Å². The first-order valence-electron chi connectivity index (χ1n) is 8.92. The molecule has 0 radical (unpaired) electrons. The number of allylic oxidation sites excluding steroid dienone is 2. The van der Waals surface area contributed by atoms with Gasteiger partial charge in [-0.3, -0.25) is 4.79 Å². The Hall–Kier alpha value is -1.57. The van der Waals surface area contributed by atoms with Crippen molar-refractivity contribution in [2.24, 2.45) is 5.92 Å². The summed E-state index contributed by atoms with van der Waals surface area (Å²) in [6, 6.07) is 6.92. The van der Waals surface area contributed by atoms with Crippen LogP contribution in [0.25, 0.3) is 0 Å². The van der Waals surface area contributed by atoms with Crippen LogP contribution in [-0.2, 0) is 11.2 Å². The minimum atomic E-state index is -0.688. The number of carboxylic acid groups (broad SMARTS) is 1. The highest BCUT2D eigenvalue weighted by molar-refractivity contribution is 5.66. The quantitative estimate of drug-likeness (QED) is 0.661. The molecule has 0 saturated heterocycles. The summed E-state index contributed by atoms with van der Waals surface area (Å²) in [5, 5.41) is 8.81. The number of hydrogen-bond acceptors (Lipinski definition) is 1. The summed E-state index contributed by atoms with van der Waals surface area (Å²) >= 11 is 0. The third kappa shape index (κ3) is 5.53. The van der Waals surface area contributed by atoms with Gasteiger partial charge in [0.15, 0.2) is 0 Å². The second kappa shape index (κ2) is 8.33. The summed E-state index contributed by atoms with van der Waals surface area (Å²) in [5.41, 5.74) is 5.91. The first-order chi connectivity index (χ1) is 11.0. The zero-order valence-corrected chi connectivity index (χ0v) is 14.8. The van der Waals surface area contributed by atoms with Crippen LogP contribution in [0.2, 0.25) is 0 Å². The van der Waals surface area contributed by atoms with E-state index in [1.54, 1.807) is 5.56 Å². The molecule has 1 N–H and O–H groups in total.